The molecule has 0 unspecified atom stereocenters. The lowest BCUT2D eigenvalue weighted by Gasteiger charge is -2.22. The molecule has 0 radical (unpaired) electrons. The highest BCUT2D eigenvalue weighted by Gasteiger charge is 2.31. The highest BCUT2D eigenvalue weighted by atomic mass is 19.4. The summed E-state index contributed by atoms with van der Waals surface area (Å²) in [4.78, 5) is 35.1. The van der Waals surface area contributed by atoms with Crippen LogP contribution in [0.2, 0.25) is 0 Å². The first-order valence-electron chi connectivity index (χ1n) is 9.53. The Morgan fingerprint density at radius 1 is 1.10 bits per heavy atom. The Bertz CT molecular complexity index is 1130. The van der Waals surface area contributed by atoms with Crippen molar-refractivity contribution in [2.75, 3.05) is 16.8 Å². The normalized spacial score (nSPS) is 14.0. The van der Waals surface area contributed by atoms with Crippen LogP contribution >= 0.6 is 0 Å². The molecule has 158 valence electrons. The monoisotopic (exact) mass is 426 g/mol. The van der Waals surface area contributed by atoms with E-state index in [1.54, 1.807) is 18.3 Å². The molecule has 4 rings (SSSR count). The van der Waals surface area contributed by atoms with Crippen LogP contribution in [0, 0.1) is 0 Å². The number of nitrogens with one attached hydrogen (secondary N) is 1. The highest BCUT2D eigenvalue weighted by molar-refractivity contribution is 6.08. The lowest BCUT2D eigenvalue weighted by Crippen LogP contribution is -2.36. The molecular formula is C22H17F3N4O2. The van der Waals surface area contributed by atoms with Crippen molar-refractivity contribution in [1.29, 1.82) is 0 Å². The number of nitrogens with zero attached hydrogens (tertiary/aromatic N) is 3. The number of hydrogen-bond acceptors (Lipinski definition) is 4. The molecule has 0 saturated heterocycles. The summed E-state index contributed by atoms with van der Waals surface area (Å²) >= 11 is 0. The van der Waals surface area contributed by atoms with Gasteiger partial charge in [-0.3, -0.25) is 14.7 Å². The smallest absolute Gasteiger partial charge is 0.306 e. The summed E-state index contributed by atoms with van der Waals surface area (Å²) in [6, 6.07) is 10.6. The van der Waals surface area contributed by atoms with Crippen LogP contribution in [0.15, 0.2) is 60.9 Å². The average molecular weight is 426 g/mol. The fraction of sp³-hybridized carbons (Fsp3) is 0.182. The summed E-state index contributed by atoms with van der Waals surface area (Å²) in [6.45, 7) is 0.240. The molecule has 31 heavy (non-hydrogen) atoms. The SMILES string of the molecule is O=C1CCCN(C(=O)Nc2cccnc2)c2nc(-c3cccc(C(F)(F)F)c3)ccc21. The first kappa shape index (κ1) is 20.5. The number of rotatable bonds is 2. The summed E-state index contributed by atoms with van der Waals surface area (Å²) in [5.41, 5.74) is 0.401. The predicted octanol–water partition coefficient (Wildman–Crippen LogP) is 5.18. The minimum atomic E-state index is -4.49. The zero-order chi connectivity index (χ0) is 22.0. The number of alkyl halides is 3. The van der Waals surface area contributed by atoms with Gasteiger partial charge >= 0.3 is 12.2 Å². The second-order valence-corrected chi connectivity index (χ2v) is 7.00. The van der Waals surface area contributed by atoms with Gasteiger partial charge in [0.25, 0.3) is 0 Å². The largest absolute Gasteiger partial charge is 0.416 e. The van der Waals surface area contributed by atoms with E-state index in [1.165, 1.54) is 35.4 Å². The van der Waals surface area contributed by atoms with Crippen molar-refractivity contribution in [2.24, 2.45) is 0 Å². The Hall–Kier alpha value is -3.75. The van der Waals surface area contributed by atoms with Gasteiger partial charge in [-0.2, -0.15) is 13.2 Å². The van der Waals surface area contributed by atoms with E-state index in [4.69, 9.17) is 0 Å². The Morgan fingerprint density at radius 2 is 1.94 bits per heavy atom. The van der Waals surface area contributed by atoms with Gasteiger partial charge in [0.1, 0.15) is 5.82 Å². The molecule has 1 aromatic carbocycles. The summed E-state index contributed by atoms with van der Waals surface area (Å²) < 4.78 is 39.3. The molecule has 2 amide bonds. The van der Waals surface area contributed by atoms with Gasteiger partial charge in [0.2, 0.25) is 0 Å². The predicted molar refractivity (Wildman–Crippen MR) is 109 cm³/mol. The molecule has 0 bridgehead atoms. The van der Waals surface area contributed by atoms with Crippen LogP contribution in [0.1, 0.15) is 28.8 Å². The third kappa shape index (κ3) is 4.40. The Labute approximate surface area is 175 Å². The summed E-state index contributed by atoms with van der Waals surface area (Å²) in [5, 5.41) is 2.71. The number of carbonyl (C=O) groups excluding carboxylic acids is 2. The molecule has 1 aliphatic heterocycles. The zero-order valence-corrected chi connectivity index (χ0v) is 16.2. The van der Waals surface area contributed by atoms with E-state index in [1.807, 2.05) is 0 Å². The molecule has 0 aliphatic carbocycles. The van der Waals surface area contributed by atoms with Gasteiger partial charge in [-0.1, -0.05) is 12.1 Å². The number of urea groups is 1. The summed E-state index contributed by atoms with van der Waals surface area (Å²) in [6.07, 6.45) is -0.761. The third-order valence-electron chi connectivity index (χ3n) is 4.86. The molecule has 3 aromatic rings. The van der Waals surface area contributed by atoms with E-state index < -0.39 is 17.8 Å². The van der Waals surface area contributed by atoms with Crippen molar-refractivity contribution < 1.29 is 22.8 Å². The molecule has 0 spiro atoms. The number of fused-ring (bicyclic) bond motifs is 1. The number of ketones is 1. The fourth-order valence-corrected chi connectivity index (χ4v) is 3.35. The van der Waals surface area contributed by atoms with Crippen LogP contribution in [-0.2, 0) is 6.18 Å². The van der Waals surface area contributed by atoms with Crippen LogP contribution in [0.3, 0.4) is 0 Å². The van der Waals surface area contributed by atoms with Crippen molar-refractivity contribution in [3.63, 3.8) is 0 Å². The maximum absolute atomic E-state index is 13.1. The van der Waals surface area contributed by atoms with Crippen LogP contribution in [-0.4, -0.2) is 28.3 Å². The van der Waals surface area contributed by atoms with Crippen molar-refractivity contribution in [1.82, 2.24) is 9.97 Å². The molecule has 1 N–H and O–H groups in total. The number of benzene rings is 1. The molecule has 0 saturated carbocycles. The fourth-order valence-electron chi connectivity index (χ4n) is 3.35. The van der Waals surface area contributed by atoms with Crippen molar-refractivity contribution in [3.8, 4) is 11.3 Å². The second-order valence-electron chi connectivity index (χ2n) is 7.00. The van der Waals surface area contributed by atoms with Gasteiger partial charge in [-0.25, -0.2) is 9.78 Å². The van der Waals surface area contributed by atoms with Crippen LogP contribution in [0.5, 0.6) is 0 Å². The number of carbonyl (C=O) groups is 2. The molecule has 1 aliphatic rings. The lowest BCUT2D eigenvalue weighted by atomic mass is 10.0. The van der Waals surface area contributed by atoms with E-state index >= 15 is 0 Å². The van der Waals surface area contributed by atoms with Gasteiger partial charge in [0.05, 0.1) is 28.7 Å². The zero-order valence-electron chi connectivity index (χ0n) is 16.2. The standard InChI is InChI=1S/C22H17F3N4O2/c23-22(24,25)15-5-1-4-14(12-15)18-9-8-17-19(30)7-3-11-29(20(17)28-18)21(31)27-16-6-2-10-26-13-16/h1-2,4-6,8-10,12-13H,3,7,11H2,(H,27,31). The summed E-state index contributed by atoms with van der Waals surface area (Å²) in [5.74, 6) is -0.0476. The van der Waals surface area contributed by atoms with Crippen LogP contribution in [0.4, 0.5) is 29.5 Å². The van der Waals surface area contributed by atoms with Crippen LogP contribution < -0.4 is 10.2 Å². The molecule has 6 nitrogen and oxygen atoms in total. The van der Waals surface area contributed by atoms with Gasteiger partial charge < -0.3 is 5.32 Å². The molecule has 9 heteroatoms. The number of amides is 2. The number of anilines is 2. The second kappa shape index (κ2) is 8.17. The average Bonchev–Trinajstić information content (AvgIpc) is 2.92. The highest BCUT2D eigenvalue weighted by Crippen LogP contribution is 2.33. The first-order valence-corrected chi connectivity index (χ1v) is 9.53. The first-order chi connectivity index (χ1) is 14.8. The van der Waals surface area contributed by atoms with Gasteiger partial charge in [-0.15, -0.1) is 0 Å². The molecule has 0 fully saturated rings. The van der Waals surface area contributed by atoms with E-state index in [2.05, 4.69) is 15.3 Å². The van der Waals surface area contributed by atoms with Crippen molar-refractivity contribution in [2.45, 2.75) is 19.0 Å². The van der Waals surface area contributed by atoms with Crippen LogP contribution in [0.25, 0.3) is 11.3 Å². The number of halogens is 3. The quantitative estimate of drug-likeness (QED) is 0.613. The van der Waals surface area contributed by atoms with E-state index in [9.17, 15) is 22.8 Å². The summed E-state index contributed by atoms with van der Waals surface area (Å²) in [7, 11) is 0. The van der Waals surface area contributed by atoms with E-state index in [0.717, 1.165) is 12.1 Å². The van der Waals surface area contributed by atoms with Gasteiger partial charge in [0.15, 0.2) is 5.78 Å². The van der Waals surface area contributed by atoms with Crippen molar-refractivity contribution in [3.05, 3.63) is 72.1 Å². The number of pyridine rings is 2. The lowest BCUT2D eigenvalue weighted by molar-refractivity contribution is -0.137. The maximum atomic E-state index is 13.1. The minimum Gasteiger partial charge on any atom is -0.306 e. The number of Topliss-reactive ketones (excluding diaryl/α,β-unsaturated/α-hetero) is 1. The Kier molecular flexibility index (Phi) is 5.41. The van der Waals surface area contributed by atoms with Gasteiger partial charge in [-0.05, 0) is 42.8 Å². The van der Waals surface area contributed by atoms with E-state index in [0.29, 0.717) is 12.1 Å². The molecule has 0 atom stereocenters. The molecular weight excluding hydrogens is 409 g/mol. The van der Waals surface area contributed by atoms with Gasteiger partial charge in [0, 0.05) is 24.7 Å². The topological polar surface area (TPSA) is 75.2 Å². The molecule has 3 heterocycles. The third-order valence-corrected chi connectivity index (χ3v) is 4.86. The van der Waals surface area contributed by atoms with E-state index in [-0.39, 0.29) is 41.4 Å². The maximum Gasteiger partial charge on any atom is 0.416 e. The number of hydrogen-bond donors (Lipinski definition) is 1. The Balaban J connectivity index is 1.74. The number of aromatic nitrogens is 2. The molecule has 2 aromatic heterocycles. The Morgan fingerprint density at radius 3 is 2.68 bits per heavy atom. The minimum absolute atomic E-state index is 0.124. The van der Waals surface area contributed by atoms with Crippen molar-refractivity contribution >= 4 is 23.3 Å².